The van der Waals surface area contributed by atoms with Crippen molar-refractivity contribution in [3.05, 3.63) is 40.7 Å². The van der Waals surface area contributed by atoms with E-state index in [1.807, 2.05) is 29.8 Å². The van der Waals surface area contributed by atoms with E-state index >= 15 is 0 Å². The molecule has 1 heterocycles. The zero-order chi connectivity index (χ0) is 12.3. The first-order valence-corrected chi connectivity index (χ1v) is 5.97. The smallest absolute Gasteiger partial charge is 0.0783 e. The zero-order valence-corrected chi connectivity index (χ0v) is 10.7. The van der Waals surface area contributed by atoms with Gasteiger partial charge >= 0.3 is 0 Å². The lowest BCUT2D eigenvalue weighted by Crippen LogP contribution is -2.15. The Labute approximate surface area is 106 Å². The normalized spacial score (nSPS) is 10.8. The van der Waals surface area contributed by atoms with Crippen molar-refractivity contribution >= 4 is 11.6 Å². The average Bonchev–Trinajstić information content (AvgIpc) is 2.74. The largest absolute Gasteiger partial charge is 0.311 e. The van der Waals surface area contributed by atoms with Crippen molar-refractivity contribution in [2.45, 2.75) is 20.4 Å². The summed E-state index contributed by atoms with van der Waals surface area (Å²) in [5.41, 5.74) is 3.14. The highest BCUT2D eigenvalue weighted by Crippen LogP contribution is 2.19. The van der Waals surface area contributed by atoms with Crippen molar-refractivity contribution in [1.82, 2.24) is 20.3 Å². The summed E-state index contributed by atoms with van der Waals surface area (Å²) in [6, 6.07) is 5.75. The SMILES string of the molecule is CCNCc1cnnn1-c1ccc(Cl)cc1C. The summed E-state index contributed by atoms with van der Waals surface area (Å²) in [4.78, 5) is 0. The standard InChI is InChI=1S/C12H15ClN4/c1-3-14-7-11-8-15-16-17(11)12-5-4-10(13)6-9(12)2/h4-6,8,14H,3,7H2,1-2H3. The molecule has 0 aliphatic heterocycles. The molecule has 0 aliphatic carbocycles. The highest BCUT2D eigenvalue weighted by Gasteiger charge is 2.08. The maximum Gasteiger partial charge on any atom is 0.0783 e. The van der Waals surface area contributed by atoms with Crippen LogP contribution in [-0.2, 0) is 6.54 Å². The van der Waals surface area contributed by atoms with E-state index in [0.29, 0.717) is 0 Å². The Hall–Kier alpha value is -1.39. The van der Waals surface area contributed by atoms with Crippen molar-refractivity contribution in [2.24, 2.45) is 0 Å². The van der Waals surface area contributed by atoms with E-state index in [1.54, 1.807) is 6.20 Å². The third kappa shape index (κ3) is 2.65. The molecule has 90 valence electrons. The number of nitrogens with zero attached hydrogens (tertiary/aromatic N) is 3. The molecule has 1 aromatic carbocycles. The first-order chi connectivity index (χ1) is 8.22. The summed E-state index contributed by atoms with van der Waals surface area (Å²) < 4.78 is 1.84. The van der Waals surface area contributed by atoms with Gasteiger partial charge < -0.3 is 5.32 Å². The summed E-state index contributed by atoms with van der Waals surface area (Å²) in [6.45, 7) is 5.76. The molecule has 0 radical (unpaired) electrons. The Morgan fingerprint density at radius 3 is 2.94 bits per heavy atom. The summed E-state index contributed by atoms with van der Waals surface area (Å²) in [5, 5.41) is 12.1. The Morgan fingerprint density at radius 2 is 2.24 bits per heavy atom. The average molecular weight is 251 g/mol. The third-order valence-corrected chi connectivity index (χ3v) is 2.80. The number of aryl methyl sites for hydroxylation is 1. The van der Waals surface area contributed by atoms with Crippen LogP contribution in [0.4, 0.5) is 0 Å². The van der Waals surface area contributed by atoms with Gasteiger partial charge in [-0.3, -0.25) is 0 Å². The van der Waals surface area contributed by atoms with Gasteiger partial charge in [0.25, 0.3) is 0 Å². The number of nitrogens with one attached hydrogen (secondary N) is 1. The van der Waals surface area contributed by atoms with Gasteiger partial charge in [-0.05, 0) is 37.2 Å². The second-order valence-corrected chi connectivity index (χ2v) is 4.28. The quantitative estimate of drug-likeness (QED) is 0.906. The van der Waals surface area contributed by atoms with E-state index in [1.165, 1.54) is 0 Å². The van der Waals surface area contributed by atoms with E-state index in [9.17, 15) is 0 Å². The highest BCUT2D eigenvalue weighted by molar-refractivity contribution is 6.30. The summed E-state index contributed by atoms with van der Waals surface area (Å²) in [5.74, 6) is 0. The first-order valence-electron chi connectivity index (χ1n) is 5.59. The Kier molecular flexibility index (Phi) is 3.76. The zero-order valence-electron chi connectivity index (χ0n) is 9.94. The molecule has 5 heteroatoms. The highest BCUT2D eigenvalue weighted by atomic mass is 35.5. The Balaban J connectivity index is 2.35. The molecule has 0 fully saturated rings. The van der Waals surface area contributed by atoms with E-state index < -0.39 is 0 Å². The van der Waals surface area contributed by atoms with Crippen molar-refractivity contribution in [1.29, 1.82) is 0 Å². The van der Waals surface area contributed by atoms with Crippen molar-refractivity contribution in [3.8, 4) is 5.69 Å². The lowest BCUT2D eigenvalue weighted by molar-refractivity contribution is 0.671. The van der Waals surface area contributed by atoms with Gasteiger partial charge in [0.05, 0.1) is 17.6 Å². The molecule has 0 saturated carbocycles. The Morgan fingerprint density at radius 1 is 1.41 bits per heavy atom. The molecule has 0 atom stereocenters. The molecule has 0 saturated heterocycles. The van der Waals surface area contributed by atoms with Crippen LogP contribution >= 0.6 is 11.6 Å². The van der Waals surface area contributed by atoms with Gasteiger partial charge in [0.1, 0.15) is 0 Å². The Bertz CT molecular complexity index is 507. The summed E-state index contributed by atoms with van der Waals surface area (Å²) in [7, 11) is 0. The lowest BCUT2D eigenvalue weighted by Gasteiger charge is -2.09. The second kappa shape index (κ2) is 5.29. The maximum absolute atomic E-state index is 5.94. The number of aromatic nitrogens is 3. The summed E-state index contributed by atoms with van der Waals surface area (Å²) >= 11 is 5.94. The van der Waals surface area contributed by atoms with E-state index in [4.69, 9.17) is 11.6 Å². The van der Waals surface area contributed by atoms with Crippen LogP contribution in [0.3, 0.4) is 0 Å². The predicted octanol–water partition coefficient (Wildman–Crippen LogP) is 2.34. The fourth-order valence-corrected chi connectivity index (χ4v) is 1.92. The lowest BCUT2D eigenvalue weighted by atomic mass is 10.2. The fraction of sp³-hybridized carbons (Fsp3) is 0.333. The number of halogens is 1. The molecule has 1 aromatic heterocycles. The minimum absolute atomic E-state index is 0.736. The number of hydrogen-bond donors (Lipinski definition) is 1. The molecule has 2 rings (SSSR count). The summed E-state index contributed by atoms with van der Waals surface area (Å²) in [6.07, 6.45) is 1.77. The van der Waals surface area contributed by atoms with Gasteiger partial charge in [-0.25, -0.2) is 4.68 Å². The van der Waals surface area contributed by atoms with Crippen LogP contribution in [0.25, 0.3) is 5.69 Å². The minimum Gasteiger partial charge on any atom is -0.311 e. The van der Waals surface area contributed by atoms with Crippen molar-refractivity contribution in [3.63, 3.8) is 0 Å². The van der Waals surface area contributed by atoms with E-state index in [2.05, 4.69) is 22.6 Å². The van der Waals surface area contributed by atoms with Gasteiger partial charge in [-0.15, -0.1) is 5.10 Å². The fourth-order valence-electron chi connectivity index (χ4n) is 1.69. The molecule has 0 spiro atoms. The van der Waals surface area contributed by atoms with Gasteiger partial charge in [-0.2, -0.15) is 0 Å². The molecule has 0 aliphatic rings. The van der Waals surface area contributed by atoms with Crippen LogP contribution < -0.4 is 5.32 Å². The predicted molar refractivity (Wildman–Crippen MR) is 68.5 cm³/mol. The molecule has 1 N–H and O–H groups in total. The maximum atomic E-state index is 5.94. The third-order valence-electron chi connectivity index (χ3n) is 2.56. The first kappa shape index (κ1) is 12.1. The second-order valence-electron chi connectivity index (χ2n) is 3.85. The monoisotopic (exact) mass is 250 g/mol. The van der Waals surface area contributed by atoms with Crippen LogP contribution in [0.1, 0.15) is 18.2 Å². The topological polar surface area (TPSA) is 42.7 Å². The molecule has 0 bridgehead atoms. The van der Waals surface area contributed by atoms with Crippen LogP contribution in [0, 0.1) is 6.92 Å². The number of hydrogen-bond acceptors (Lipinski definition) is 3. The molecule has 4 nitrogen and oxygen atoms in total. The van der Waals surface area contributed by atoms with Crippen LogP contribution in [0.15, 0.2) is 24.4 Å². The van der Waals surface area contributed by atoms with E-state index in [0.717, 1.165) is 35.1 Å². The molecule has 0 unspecified atom stereocenters. The number of rotatable bonds is 4. The minimum atomic E-state index is 0.736. The number of benzene rings is 1. The van der Waals surface area contributed by atoms with E-state index in [-0.39, 0.29) is 0 Å². The molecular weight excluding hydrogens is 236 g/mol. The van der Waals surface area contributed by atoms with Crippen molar-refractivity contribution in [2.75, 3.05) is 6.54 Å². The van der Waals surface area contributed by atoms with Crippen LogP contribution in [-0.4, -0.2) is 21.5 Å². The van der Waals surface area contributed by atoms with Gasteiger partial charge in [0.2, 0.25) is 0 Å². The molecule has 0 amide bonds. The van der Waals surface area contributed by atoms with Crippen LogP contribution in [0.5, 0.6) is 0 Å². The van der Waals surface area contributed by atoms with Gasteiger partial charge in [0.15, 0.2) is 0 Å². The molecule has 17 heavy (non-hydrogen) atoms. The van der Waals surface area contributed by atoms with Crippen LogP contribution in [0.2, 0.25) is 5.02 Å². The molecular formula is C12H15ClN4. The molecule has 2 aromatic rings. The van der Waals surface area contributed by atoms with Gasteiger partial charge in [-0.1, -0.05) is 23.7 Å². The van der Waals surface area contributed by atoms with Crippen molar-refractivity contribution < 1.29 is 0 Å². The van der Waals surface area contributed by atoms with Gasteiger partial charge in [0, 0.05) is 11.6 Å².